The maximum atomic E-state index is 13.5. The minimum Gasteiger partial charge on any atom is -0.508 e. The Bertz CT molecular complexity index is 1110. The standard InChI is InChI=1S/C21H22N2O8/c1-6-7-4-3-5-8(24)10(7)15(25)11-9(6)16(26)13-14(23-2)17(27)12(20(22)30)19(29)21(13,31)18(11)28/h3-6,9,13-14,16,23-26,29,31H,1-2H3,(H2,22,30)/t6-,9+,13+,14-,16-,21-/m0/s1. The fourth-order valence-electron chi connectivity index (χ4n) is 5.36. The highest BCUT2D eigenvalue weighted by molar-refractivity contribution is 6.24. The zero-order valence-corrected chi connectivity index (χ0v) is 16.7. The van der Waals surface area contributed by atoms with Crippen LogP contribution in [-0.2, 0) is 14.4 Å². The van der Waals surface area contributed by atoms with E-state index in [1.54, 1.807) is 19.1 Å². The minimum atomic E-state index is -2.90. The Morgan fingerprint density at radius 3 is 2.42 bits per heavy atom. The van der Waals surface area contributed by atoms with Crippen LogP contribution in [0.15, 0.2) is 35.1 Å². The topological polar surface area (TPSA) is 190 Å². The molecule has 1 aromatic rings. The number of fused-ring (bicyclic) bond motifs is 3. The van der Waals surface area contributed by atoms with E-state index in [1.165, 1.54) is 13.1 Å². The first-order chi connectivity index (χ1) is 14.5. The third-order valence-corrected chi connectivity index (χ3v) is 6.78. The Hall–Kier alpha value is -3.21. The van der Waals surface area contributed by atoms with Crippen molar-refractivity contribution in [1.29, 1.82) is 0 Å². The Morgan fingerprint density at radius 1 is 1.19 bits per heavy atom. The van der Waals surface area contributed by atoms with Crippen LogP contribution in [0.4, 0.5) is 0 Å². The average molecular weight is 430 g/mol. The number of rotatable bonds is 2. The highest BCUT2D eigenvalue weighted by atomic mass is 16.4. The van der Waals surface area contributed by atoms with Crippen LogP contribution in [-0.4, -0.2) is 67.8 Å². The molecule has 8 N–H and O–H groups in total. The summed E-state index contributed by atoms with van der Waals surface area (Å²) in [4.78, 5) is 38.2. The molecule has 3 aliphatic rings. The molecule has 0 unspecified atom stereocenters. The van der Waals surface area contributed by atoms with E-state index in [4.69, 9.17) is 5.73 Å². The predicted molar refractivity (Wildman–Crippen MR) is 106 cm³/mol. The van der Waals surface area contributed by atoms with Gasteiger partial charge in [-0.3, -0.25) is 14.4 Å². The molecule has 1 aromatic carbocycles. The number of nitrogens with two attached hydrogens (primary N) is 1. The molecule has 0 heterocycles. The maximum Gasteiger partial charge on any atom is 0.255 e. The van der Waals surface area contributed by atoms with Crippen molar-refractivity contribution in [2.45, 2.75) is 30.6 Å². The molecule has 6 atom stereocenters. The fourth-order valence-corrected chi connectivity index (χ4v) is 5.36. The lowest BCUT2D eigenvalue weighted by molar-refractivity contribution is -0.164. The third-order valence-electron chi connectivity index (χ3n) is 6.78. The largest absolute Gasteiger partial charge is 0.508 e. The van der Waals surface area contributed by atoms with Gasteiger partial charge in [0.1, 0.15) is 22.8 Å². The van der Waals surface area contributed by atoms with Crippen LogP contribution in [0.1, 0.15) is 24.0 Å². The first-order valence-corrected chi connectivity index (χ1v) is 9.65. The van der Waals surface area contributed by atoms with Gasteiger partial charge in [0.15, 0.2) is 11.4 Å². The third kappa shape index (κ3) is 2.40. The number of phenols is 1. The van der Waals surface area contributed by atoms with Crippen molar-refractivity contribution in [2.24, 2.45) is 17.6 Å². The molecule has 4 rings (SSSR count). The zero-order valence-electron chi connectivity index (χ0n) is 16.7. The average Bonchev–Trinajstić information content (AvgIpc) is 2.70. The number of carbonyl (C=O) groups is 3. The molecule has 0 aromatic heterocycles. The lowest BCUT2D eigenvalue weighted by Crippen LogP contribution is -2.70. The van der Waals surface area contributed by atoms with Crippen molar-refractivity contribution in [3.8, 4) is 5.75 Å². The van der Waals surface area contributed by atoms with Gasteiger partial charge in [0.25, 0.3) is 5.91 Å². The number of hydrogen-bond donors (Lipinski definition) is 7. The number of benzene rings is 1. The number of aromatic hydroxyl groups is 1. The molecule has 3 aliphatic carbocycles. The maximum absolute atomic E-state index is 13.5. The quantitative estimate of drug-likeness (QED) is 0.293. The summed E-state index contributed by atoms with van der Waals surface area (Å²) in [5.41, 5.74) is 1.38. The molecule has 1 saturated carbocycles. The van der Waals surface area contributed by atoms with Crippen LogP contribution in [0.25, 0.3) is 5.76 Å². The second-order valence-corrected chi connectivity index (χ2v) is 8.15. The first kappa shape index (κ1) is 21.0. The number of phenolic OH excluding ortho intramolecular Hbond substituents is 1. The van der Waals surface area contributed by atoms with Gasteiger partial charge in [-0.05, 0) is 24.6 Å². The Morgan fingerprint density at radius 2 is 1.84 bits per heavy atom. The zero-order chi connectivity index (χ0) is 23.0. The molecule has 0 radical (unpaired) electrons. The molecule has 1 amide bonds. The van der Waals surface area contributed by atoms with Crippen LogP contribution >= 0.6 is 0 Å². The highest BCUT2D eigenvalue weighted by Crippen LogP contribution is 2.55. The van der Waals surface area contributed by atoms with E-state index in [-0.39, 0.29) is 11.3 Å². The van der Waals surface area contributed by atoms with Gasteiger partial charge in [-0.25, -0.2) is 0 Å². The summed E-state index contributed by atoms with van der Waals surface area (Å²) in [6.45, 7) is 1.67. The number of aliphatic hydroxyl groups excluding tert-OH is 3. The minimum absolute atomic E-state index is 0.0282. The van der Waals surface area contributed by atoms with Gasteiger partial charge >= 0.3 is 0 Å². The Kier molecular flexibility index (Phi) is 4.51. The normalized spacial score (nSPS) is 34.9. The van der Waals surface area contributed by atoms with Crippen LogP contribution < -0.4 is 11.1 Å². The van der Waals surface area contributed by atoms with Crippen LogP contribution in [0, 0.1) is 11.8 Å². The van der Waals surface area contributed by atoms with Gasteiger partial charge < -0.3 is 36.6 Å². The van der Waals surface area contributed by atoms with E-state index in [1.807, 2.05) is 0 Å². The second-order valence-electron chi connectivity index (χ2n) is 8.15. The van der Waals surface area contributed by atoms with Gasteiger partial charge in [-0.2, -0.15) is 0 Å². The van der Waals surface area contributed by atoms with E-state index in [9.17, 15) is 39.9 Å². The van der Waals surface area contributed by atoms with Gasteiger partial charge in [-0.15, -0.1) is 0 Å². The molecule has 1 fully saturated rings. The fraction of sp³-hybridized carbons (Fsp3) is 0.381. The molecule has 0 aliphatic heterocycles. The first-order valence-electron chi connectivity index (χ1n) is 9.65. The van der Waals surface area contributed by atoms with E-state index in [0.717, 1.165) is 0 Å². The summed E-state index contributed by atoms with van der Waals surface area (Å²) in [6, 6.07) is 3.06. The van der Waals surface area contributed by atoms with Gasteiger partial charge in [0, 0.05) is 11.5 Å². The number of aliphatic hydroxyl groups is 4. The predicted octanol–water partition coefficient (Wildman–Crippen LogP) is -0.846. The van der Waals surface area contributed by atoms with Gasteiger partial charge in [0.2, 0.25) is 5.78 Å². The van der Waals surface area contributed by atoms with Crippen molar-refractivity contribution in [2.75, 3.05) is 7.05 Å². The molecule has 0 saturated heterocycles. The number of hydrogen-bond acceptors (Lipinski definition) is 9. The number of Topliss-reactive ketones (excluding diaryl/α,β-unsaturated/α-hetero) is 2. The lowest BCUT2D eigenvalue weighted by Gasteiger charge is -2.52. The number of amides is 1. The van der Waals surface area contributed by atoms with Crippen molar-refractivity contribution in [1.82, 2.24) is 5.32 Å². The molecule has 31 heavy (non-hydrogen) atoms. The van der Waals surface area contributed by atoms with Crippen molar-refractivity contribution >= 4 is 23.2 Å². The molecular weight excluding hydrogens is 408 g/mol. The van der Waals surface area contributed by atoms with Gasteiger partial charge in [0.05, 0.1) is 23.6 Å². The summed E-state index contributed by atoms with van der Waals surface area (Å²) in [7, 11) is 1.33. The molecule has 164 valence electrons. The Labute approximate surface area is 176 Å². The van der Waals surface area contributed by atoms with E-state index in [2.05, 4.69) is 5.32 Å². The highest BCUT2D eigenvalue weighted by Gasteiger charge is 2.67. The van der Waals surface area contributed by atoms with Crippen LogP contribution in [0.2, 0.25) is 0 Å². The number of nitrogens with one attached hydrogen (secondary N) is 1. The Balaban J connectivity index is 2.06. The monoisotopic (exact) mass is 430 g/mol. The van der Waals surface area contributed by atoms with Gasteiger partial charge in [-0.1, -0.05) is 19.1 Å². The van der Waals surface area contributed by atoms with Crippen LogP contribution in [0.3, 0.4) is 0 Å². The molecule has 0 bridgehead atoms. The summed E-state index contributed by atoms with van der Waals surface area (Å²) in [6.07, 6.45) is -1.59. The van der Waals surface area contributed by atoms with Crippen LogP contribution in [0.5, 0.6) is 5.75 Å². The van der Waals surface area contributed by atoms with Crippen molar-refractivity contribution < 1.29 is 39.9 Å². The second kappa shape index (κ2) is 6.64. The molecule has 10 nitrogen and oxygen atoms in total. The number of likely N-dealkylation sites (N-methyl/N-ethyl adjacent to an activating group) is 1. The summed E-state index contributed by atoms with van der Waals surface area (Å²) >= 11 is 0. The van der Waals surface area contributed by atoms with Crippen molar-refractivity contribution in [3.05, 3.63) is 46.2 Å². The molecular formula is C21H22N2O8. The van der Waals surface area contributed by atoms with E-state index >= 15 is 0 Å². The summed E-state index contributed by atoms with van der Waals surface area (Å²) in [5.74, 6) is -8.96. The van der Waals surface area contributed by atoms with E-state index in [0.29, 0.717) is 5.56 Å². The number of primary amides is 1. The number of ketones is 2. The summed E-state index contributed by atoms with van der Waals surface area (Å²) in [5, 5.41) is 57.0. The lowest BCUT2D eigenvalue weighted by atomic mass is 9.54. The molecule has 0 spiro atoms. The smallest absolute Gasteiger partial charge is 0.255 e. The molecule has 10 heteroatoms. The van der Waals surface area contributed by atoms with Crippen molar-refractivity contribution in [3.63, 3.8) is 0 Å². The SMILES string of the molecule is CN[C@@H]1C(=O)C(C(N)=O)=C(O)[C@@]2(O)C(=O)C3=C(O)c4c(O)cccc4[C@H](C)[C@H]3[C@H](O)[C@@H]12. The van der Waals surface area contributed by atoms with E-state index < -0.39 is 75.6 Å². The summed E-state index contributed by atoms with van der Waals surface area (Å²) < 4.78 is 0. The number of carbonyl (C=O) groups excluding carboxylic acids is 3.